The van der Waals surface area contributed by atoms with Gasteiger partial charge in [0.1, 0.15) is 0 Å². The Labute approximate surface area is 105 Å². The van der Waals surface area contributed by atoms with Crippen molar-refractivity contribution in [2.24, 2.45) is 5.73 Å². The number of nitrogens with zero attached hydrogens (tertiary/aromatic N) is 1. The summed E-state index contributed by atoms with van der Waals surface area (Å²) in [6.45, 7) is 6.34. The molecule has 1 aliphatic carbocycles. The maximum Gasteiger partial charge on any atom is 0.0298 e. The zero-order valence-corrected chi connectivity index (χ0v) is 11.2. The molecule has 0 heterocycles. The Morgan fingerprint density at radius 2 is 2.12 bits per heavy atom. The Kier molecular flexibility index (Phi) is 3.55. The minimum atomic E-state index is 0.143. The summed E-state index contributed by atoms with van der Waals surface area (Å²) < 4.78 is 0. The fourth-order valence-corrected chi connectivity index (χ4v) is 2.65. The second kappa shape index (κ2) is 4.79. The van der Waals surface area contributed by atoms with Crippen LogP contribution in [0.1, 0.15) is 37.3 Å². The Balaban J connectivity index is 2.00. The van der Waals surface area contributed by atoms with Gasteiger partial charge in [0.2, 0.25) is 0 Å². The summed E-state index contributed by atoms with van der Waals surface area (Å²) in [5.41, 5.74) is 9.11. The first kappa shape index (κ1) is 12.6. The summed E-state index contributed by atoms with van der Waals surface area (Å²) in [5.74, 6) is 0.702. The molecular formula is C15H24N2. The van der Waals surface area contributed by atoms with Gasteiger partial charge in [-0.05, 0) is 37.9 Å². The van der Waals surface area contributed by atoms with Crippen molar-refractivity contribution in [2.45, 2.75) is 38.1 Å². The first-order valence-corrected chi connectivity index (χ1v) is 6.60. The van der Waals surface area contributed by atoms with E-state index in [0.29, 0.717) is 5.92 Å². The highest BCUT2D eigenvalue weighted by atomic mass is 15.2. The Morgan fingerprint density at radius 1 is 1.41 bits per heavy atom. The lowest BCUT2D eigenvalue weighted by Gasteiger charge is -2.42. The first-order chi connectivity index (χ1) is 8.10. The lowest BCUT2D eigenvalue weighted by atomic mass is 9.77. The minimum absolute atomic E-state index is 0.143. The monoisotopic (exact) mass is 232 g/mol. The predicted octanol–water partition coefficient (Wildman–Crippen LogP) is 2.39. The van der Waals surface area contributed by atoms with E-state index >= 15 is 0 Å². The highest BCUT2D eigenvalue weighted by molar-refractivity contribution is 5.40. The van der Waals surface area contributed by atoms with E-state index in [0.717, 1.165) is 19.5 Å². The third-order valence-electron chi connectivity index (χ3n) is 4.58. The van der Waals surface area contributed by atoms with Crippen LogP contribution in [0.5, 0.6) is 0 Å². The molecule has 94 valence electrons. The number of likely N-dealkylation sites (N-methyl/N-ethyl adjacent to an activating group) is 1. The van der Waals surface area contributed by atoms with Gasteiger partial charge in [-0.15, -0.1) is 0 Å². The summed E-state index contributed by atoms with van der Waals surface area (Å²) in [6.07, 6.45) is 2.33. The summed E-state index contributed by atoms with van der Waals surface area (Å²) in [6, 6.07) is 8.79. The summed E-state index contributed by atoms with van der Waals surface area (Å²) >= 11 is 0. The van der Waals surface area contributed by atoms with Crippen LogP contribution in [0.4, 0.5) is 0 Å². The van der Waals surface area contributed by atoms with Crippen LogP contribution in [0.3, 0.4) is 0 Å². The SMILES string of the molecule is CCC(C)(CN)N(C)CC1Cc2ccccc21. The molecule has 0 saturated carbocycles. The molecule has 0 spiro atoms. The molecule has 1 aromatic rings. The molecule has 2 rings (SSSR count). The molecule has 0 fully saturated rings. The predicted molar refractivity (Wildman–Crippen MR) is 73.3 cm³/mol. The van der Waals surface area contributed by atoms with Crippen molar-refractivity contribution in [1.29, 1.82) is 0 Å². The summed E-state index contributed by atoms with van der Waals surface area (Å²) in [7, 11) is 2.21. The standard InChI is InChI=1S/C15H24N2/c1-4-15(2,11-16)17(3)10-13-9-12-7-5-6-8-14(12)13/h5-8,13H,4,9-11,16H2,1-3H3. The molecule has 0 aromatic heterocycles. The molecule has 2 nitrogen and oxygen atoms in total. The molecule has 2 atom stereocenters. The molecule has 2 N–H and O–H groups in total. The third kappa shape index (κ3) is 2.24. The zero-order valence-electron chi connectivity index (χ0n) is 11.2. The fraction of sp³-hybridized carbons (Fsp3) is 0.600. The molecule has 0 saturated heterocycles. The maximum absolute atomic E-state index is 5.91. The van der Waals surface area contributed by atoms with E-state index in [1.807, 2.05) is 0 Å². The van der Waals surface area contributed by atoms with Gasteiger partial charge in [-0.25, -0.2) is 0 Å². The molecule has 2 heteroatoms. The van der Waals surface area contributed by atoms with Crippen LogP contribution in [-0.2, 0) is 6.42 Å². The summed E-state index contributed by atoms with van der Waals surface area (Å²) in [4.78, 5) is 2.44. The highest BCUT2D eigenvalue weighted by Gasteiger charge is 2.32. The van der Waals surface area contributed by atoms with Gasteiger partial charge >= 0.3 is 0 Å². The van der Waals surface area contributed by atoms with Crippen molar-refractivity contribution in [3.8, 4) is 0 Å². The average Bonchev–Trinajstić information content (AvgIpc) is 2.34. The van der Waals surface area contributed by atoms with Crippen LogP contribution in [0.25, 0.3) is 0 Å². The van der Waals surface area contributed by atoms with Gasteiger partial charge in [-0.2, -0.15) is 0 Å². The van der Waals surface area contributed by atoms with Crippen molar-refractivity contribution in [2.75, 3.05) is 20.1 Å². The van der Waals surface area contributed by atoms with Crippen molar-refractivity contribution < 1.29 is 0 Å². The van der Waals surface area contributed by atoms with Gasteiger partial charge in [-0.1, -0.05) is 31.2 Å². The van der Waals surface area contributed by atoms with Crippen LogP contribution in [0.2, 0.25) is 0 Å². The molecule has 17 heavy (non-hydrogen) atoms. The van der Waals surface area contributed by atoms with Crippen LogP contribution in [0.15, 0.2) is 24.3 Å². The molecule has 0 amide bonds. The normalized spacial score (nSPS) is 21.8. The van der Waals surface area contributed by atoms with E-state index in [1.54, 1.807) is 0 Å². The number of hydrogen-bond acceptors (Lipinski definition) is 2. The van der Waals surface area contributed by atoms with E-state index in [2.05, 4.69) is 50.1 Å². The lowest BCUT2D eigenvalue weighted by Crippen LogP contribution is -2.51. The van der Waals surface area contributed by atoms with E-state index in [4.69, 9.17) is 5.73 Å². The Bertz CT molecular complexity index is 382. The van der Waals surface area contributed by atoms with Crippen LogP contribution in [-0.4, -0.2) is 30.6 Å². The molecule has 1 aliphatic rings. The van der Waals surface area contributed by atoms with Crippen LogP contribution < -0.4 is 5.73 Å². The van der Waals surface area contributed by atoms with Crippen LogP contribution in [0, 0.1) is 0 Å². The van der Waals surface area contributed by atoms with Gasteiger partial charge in [0.15, 0.2) is 0 Å². The zero-order chi connectivity index (χ0) is 12.5. The average molecular weight is 232 g/mol. The quantitative estimate of drug-likeness (QED) is 0.844. The molecule has 0 aliphatic heterocycles. The molecular weight excluding hydrogens is 208 g/mol. The van der Waals surface area contributed by atoms with Gasteiger partial charge in [0.25, 0.3) is 0 Å². The second-order valence-electron chi connectivity index (χ2n) is 5.54. The van der Waals surface area contributed by atoms with Crippen molar-refractivity contribution in [3.05, 3.63) is 35.4 Å². The van der Waals surface area contributed by atoms with E-state index in [9.17, 15) is 0 Å². The van der Waals surface area contributed by atoms with Crippen LogP contribution >= 0.6 is 0 Å². The van der Waals surface area contributed by atoms with E-state index in [-0.39, 0.29) is 5.54 Å². The smallest absolute Gasteiger partial charge is 0.0298 e. The topological polar surface area (TPSA) is 29.3 Å². The Morgan fingerprint density at radius 3 is 2.71 bits per heavy atom. The molecule has 2 unspecified atom stereocenters. The van der Waals surface area contributed by atoms with Gasteiger partial charge in [-0.3, -0.25) is 4.90 Å². The number of nitrogens with two attached hydrogens (primary N) is 1. The second-order valence-corrected chi connectivity index (χ2v) is 5.54. The molecule has 0 radical (unpaired) electrons. The van der Waals surface area contributed by atoms with Crippen molar-refractivity contribution >= 4 is 0 Å². The number of benzene rings is 1. The van der Waals surface area contributed by atoms with Gasteiger partial charge < -0.3 is 5.73 Å². The number of rotatable bonds is 5. The highest BCUT2D eigenvalue weighted by Crippen LogP contribution is 2.36. The van der Waals surface area contributed by atoms with Crippen molar-refractivity contribution in [3.63, 3.8) is 0 Å². The lowest BCUT2D eigenvalue weighted by molar-refractivity contribution is 0.127. The molecule has 1 aromatic carbocycles. The number of hydrogen-bond donors (Lipinski definition) is 1. The first-order valence-electron chi connectivity index (χ1n) is 6.60. The minimum Gasteiger partial charge on any atom is -0.329 e. The van der Waals surface area contributed by atoms with Crippen molar-refractivity contribution in [1.82, 2.24) is 4.90 Å². The number of fused-ring (bicyclic) bond motifs is 1. The fourth-order valence-electron chi connectivity index (χ4n) is 2.65. The summed E-state index contributed by atoms with van der Waals surface area (Å²) in [5, 5.41) is 0. The maximum atomic E-state index is 5.91. The third-order valence-corrected chi connectivity index (χ3v) is 4.58. The van der Waals surface area contributed by atoms with Gasteiger partial charge in [0.05, 0.1) is 0 Å². The largest absolute Gasteiger partial charge is 0.329 e. The molecule has 0 bridgehead atoms. The van der Waals surface area contributed by atoms with Gasteiger partial charge in [0, 0.05) is 24.5 Å². The van der Waals surface area contributed by atoms with E-state index < -0.39 is 0 Å². The van der Waals surface area contributed by atoms with E-state index in [1.165, 1.54) is 17.5 Å². The Hall–Kier alpha value is -0.860.